The number of anilines is 2. The van der Waals surface area contributed by atoms with E-state index in [-0.39, 0.29) is 11.9 Å². The molecular formula is C21H22ClN3OS. The molecule has 0 saturated carbocycles. The Hall–Kier alpha value is -2.24. The second-order valence-electron chi connectivity index (χ2n) is 6.72. The maximum atomic E-state index is 13.1. The first-order valence-electron chi connectivity index (χ1n) is 8.70. The van der Waals surface area contributed by atoms with Crippen molar-refractivity contribution in [2.24, 2.45) is 4.99 Å². The number of thioether (sulfide) groups is 1. The monoisotopic (exact) mass is 399 g/mol. The van der Waals surface area contributed by atoms with Gasteiger partial charge in [-0.3, -0.25) is 14.7 Å². The minimum absolute atomic E-state index is 0.0840. The molecule has 0 N–H and O–H groups in total. The Morgan fingerprint density at radius 2 is 1.85 bits per heavy atom. The lowest BCUT2D eigenvalue weighted by Gasteiger charge is -2.16. The van der Waals surface area contributed by atoms with Crippen molar-refractivity contribution in [2.75, 3.05) is 23.9 Å². The van der Waals surface area contributed by atoms with E-state index < -0.39 is 0 Å². The van der Waals surface area contributed by atoms with Crippen LogP contribution in [0.1, 0.15) is 19.4 Å². The zero-order chi connectivity index (χ0) is 19.6. The summed E-state index contributed by atoms with van der Waals surface area (Å²) >= 11 is 7.52. The van der Waals surface area contributed by atoms with Gasteiger partial charge in [0, 0.05) is 30.8 Å². The lowest BCUT2D eigenvalue weighted by Crippen LogP contribution is -2.29. The fraction of sp³-hybridized carbons (Fsp3) is 0.238. The van der Waals surface area contributed by atoms with Gasteiger partial charge in [-0.05, 0) is 67.6 Å². The summed E-state index contributed by atoms with van der Waals surface area (Å²) in [6.07, 6.45) is 1.91. The van der Waals surface area contributed by atoms with Crippen LogP contribution in [0.25, 0.3) is 6.08 Å². The second-order valence-corrected chi connectivity index (χ2v) is 8.17. The van der Waals surface area contributed by atoms with E-state index in [9.17, 15) is 4.79 Å². The van der Waals surface area contributed by atoms with E-state index in [0.717, 1.165) is 16.9 Å². The number of hydrogen-bond acceptors (Lipinski definition) is 4. The first kappa shape index (κ1) is 19.5. The molecule has 0 bridgehead atoms. The predicted octanol–water partition coefficient (Wildman–Crippen LogP) is 5.29. The Morgan fingerprint density at radius 3 is 2.44 bits per heavy atom. The fourth-order valence-corrected chi connectivity index (χ4v) is 3.94. The molecule has 0 atom stereocenters. The number of hydrogen-bond donors (Lipinski definition) is 0. The number of amidine groups is 1. The number of carbonyl (C=O) groups is 1. The van der Waals surface area contributed by atoms with Crippen LogP contribution in [-0.4, -0.2) is 31.2 Å². The molecule has 2 aromatic carbocycles. The number of carbonyl (C=O) groups excluding carboxylic acids is 1. The molecule has 1 amide bonds. The van der Waals surface area contributed by atoms with Crippen molar-refractivity contribution < 1.29 is 4.79 Å². The number of amides is 1. The highest BCUT2D eigenvalue weighted by atomic mass is 35.5. The van der Waals surface area contributed by atoms with E-state index in [4.69, 9.17) is 11.6 Å². The van der Waals surface area contributed by atoms with Gasteiger partial charge in [0.05, 0.1) is 10.6 Å². The minimum atomic E-state index is -0.0849. The number of benzene rings is 2. The molecule has 2 aromatic rings. The summed E-state index contributed by atoms with van der Waals surface area (Å²) in [6.45, 7) is 3.99. The number of aliphatic imine (C=N–C) groups is 1. The molecule has 0 aliphatic carbocycles. The van der Waals surface area contributed by atoms with Gasteiger partial charge in [-0.1, -0.05) is 29.8 Å². The normalized spacial score (nSPS) is 17.4. The van der Waals surface area contributed by atoms with Crippen LogP contribution in [0.4, 0.5) is 11.4 Å². The Balaban J connectivity index is 1.97. The van der Waals surface area contributed by atoms with Crippen LogP contribution in [0, 0.1) is 0 Å². The van der Waals surface area contributed by atoms with Crippen LogP contribution in [0.15, 0.2) is 58.4 Å². The third-order valence-corrected chi connectivity index (χ3v) is 5.17. The lowest BCUT2D eigenvalue weighted by atomic mass is 10.2. The number of nitrogens with zero attached hydrogens (tertiary/aromatic N) is 3. The van der Waals surface area contributed by atoms with Crippen LogP contribution < -0.4 is 9.80 Å². The molecule has 4 nitrogen and oxygen atoms in total. The van der Waals surface area contributed by atoms with Crippen LogP contribution in [-0.2, 0) is 4.79 Å². The first-order chi connectivity index (χ1) is 12.8. The van der Waals surface area contributed by atoms with Gasteiger partial charge in [-0.15, -0.1) is 0 Å². The molecule has 3 rings (SSSR count). The smallest absolute Gasteiger partial charge is 0.271 e. The number of halogens is 1. The molecule has 0 radical (unpaired) electrons. The summed E-state index contributed by atoms with van der Waals surface area (Å²) in [5.74, 6) is -0.0849. The minimum Gasteiger partial charge on any atom is -0.378 e. The Kier molecular flexibility index (Phi) is 5.92. The van der Waals surface area contributed by atoms with Crippen LogP contribution in [0.3, 0.4) is 0 Å². The molecule has 1 aliphatic rings. The van der Waals surface area contributed by atoms with E-state index in [1.54, 1.807) is 17.0 Å². The van der Waals surface area contributed by atoms with E-state index in [1.165, 1.54) is 11.8 Å². The first-order valence-corrected chi connectivity index (χ1v) is 9.89. The van der Waals surface area contributed by atoms with E-state index >= 15 is 0 Å². The van der Waals surface area contributed by atoms with Gasteiger partial charge in [0.25, 0.3) is 5.91 Å². The van der Waals surface area contributed by atoms with Crippen molar-refractivity contribution in [2.45, 2.75) is 19.9 Å². The molecule has 27 heavy (non-hydrogen) atoms. The zero-order valence-corrected chi connectivity index (χ0v) is 17.4. The Labute approximate surface area is 169 Å². The van der Waals surface area contributed by atoms with Crippen molar-refractivity contribution >= 4 is 51.9 Å². The summed E-state index contributed by atoms with van der Waals surface area (Å²) in [5, 5.41) is 1.26. The summed E-state index contributed by atoms with van der Waals surface area (Å²) in [6, 6.07) is 15.5. The van der Waals surface area contributed by atoms with Crippen molar-refractivity contribution in [3.63, 3.8) is 0 Å². The molecule has 140 valence electrons. The molecule has 6 heteroatoms. The molecule has 1 fully saturated rings. The maximum absolute atomic E-state index is 13.1. The van der Waals surface area contributed by atoms with Crippen molar-refractivity contribution in [1.29, 1.82) is 0 Å². The zero-order valence-electron chi connectivity index (χ0n) is 15.8. The predicted molar refractivity (Wildman–Crippen MR) is 118 cm³/mol. The molecule has 1 aliphatic heterocycles. The van der Waals surface area contributed by atoms with Crippen LogP contribution in [0.2, 0.25) is 5.02 Å². The molecular weight excluding hydrogens is 378 g/mol. The van der Waals surface area contributed by atoms with Gasteiger partial charge in [-0.25, -0.2) is 0 Å². The standard InChI is InChI=1S/C21H22ClN3OS/c1-14(2)23-21-25(18-7-5-6-16(22)13-18)20(26)19(27-21)12-15-8-10-17(11-9-15)24(3)4/h5-14H,1-4H3. The SMILES string of the molecule is CC(C)N=C1SC(=Cc2ccc(N(C)C)cc2)C(=O)N1c1cccc(Cl)c1. The fourth-order valence-electron chi connectivity index (χ4n) is 2.64. The average Bonchev–Trinajstić information content (AvgIpc) is 2.90. The van der Waals surface area contributed by atoms with Crippen LogP contribution in [0.5, 0.6) is 0 Å². The summed E-state index contributed by atoms with van der Waals surface area (Å²) in [4.78, 5) is 22.1. The van der Waals surface area contributed by atoms with E-state index in [1.807, 2.05) is 75.3 Å². The summed E-state index contributed by atoms with van der Waals surface area (Å²) in [5.41, 5.74) is 2.82. The van der Waals surface area contributed by atoms with E-state index in [2.05, 4.69) is 4.99 Å². The summed E-state index contributed by atoms with van der Waals surface area (Å²) < 4.78 is 0. The van der Waals surface area contributed by atoms with Crippen molar-refractivity contribution in [3.05, 3.63) is 64.0 Å². The van der Waals surface area contributed by atoms with E-state index in [0.29, 0.717) is 15.1 Å². The highest BCUT2D eigenvalue weighted by Gasteiger charge is 2.34. The Morgan fingerprint density at radius 1 is 1.15 bits per heavy atom. The average molecular weight is 400 g/mol. The second kappa shape index (κ2) is 8.19. The van der Waals surface area contributed by atoms with Crippen molar-refractivity contribution in [3.8, 4) is 0 Å². The third-order valence-electron chi connectivity index (χ3n) is 3.95. The largest absolute Gasteiger partial charge is 0.378 e. The van der Waals surface area contributed by atoms with Gasteiger partial charge >= 0.3 is 0 Å². The molecule has 0 unspecified atom stereocenters. The summed E-state index contributed by atoms with van der Waals surface area (Å²) in [7, 11) is 4.00. The molecule has 0 aromatic heterocycles. The maximum Gasteiger partial charge on any atom is 0.271 e. The highest BCUT2D eigenvalue weighted by Crippen LogP contribution is 2.37. The Bertz CT molecular complexity index is 904. The molecule has 1 saturated heterocycles. The lowest BCUT2D eigenvalue weighted by molar-refractivity contribution is -0.113. The topological polar surface area (TPSA) is 35.9 Å². The third kappa shape index (κ3) is 4.54. The number of rotatable bonds is 4. The van der Waals surface area contributed by atoms with Gasteiger partial charge in [0.15, 0.2) is 5.17 Å². The van der Waals surface area contributed by atoms with Gasteiger partial charge in [-0.2, -0.15) is 0 Å². The molecule has 1 heterocycles. The highest BCUT2D eigenvalue weighted by molar-refractivity contribution is 8.19. The molecule has 0 spiro atoms. The van der Waals surface area contributed by atoms with Gasteiger partial charge in [0.1, 0.15) is 0 Å². The van der Waals surface area contributed by atoms with Crippen molar-refractivity contribution in [1.82, 2.24) is 0 Å². The quantitative estimate of drug-likeness (QED) is 0.655. The van der Waals surface area contributed by atoms with Crippen LogP contribution >= 0.6 is 23.4 Å². The van der Waals surface area contributed by atoms with Gasteiger partial charge < -0.3 is 4.90 Å². The van der Waals surface area contributed by atoms with Gasteiger partial charge in [0.2, 0.25) is 0 Å².